The van der Waals surface area contributed by atoms with Crippen molar-refractivity contribution in [2.75, 3.05) is 49.8 Å². The van der Waals surface area contributed by atoms with Crippen molar-refractivity contribution in [3.8, 4) is 0 Å². The van der Waals surface area contributed by atoms with Crippen LogP contribution >= 0.6 is 15.9 Å². The summed E-state index contributed by atoms with van der Waals surface area (Å²) in [4.78, 5) is 63.1. The van der Waals surface area contributed by atoms with E-state index < -0.39 is 64.5 Å². The number of allylic oxidation sites excluding steroid dienone is 1. The molecule has 1 spiro atoms. The zero-order valence-electron chi connectivity index (χ0n) is 33.8. The smallest absolute Gasteiger partial charge is 0.313 e. The molecule has 3 heterocycles. The molecule has 10 atom stereocenters. The number of nitrogens with one attached hydrogen (secondary N) is 1. The van der Waals surface area contributed by atoms with Crippen LogP contribution in [0.4, 0.5) is 11.4 Å². The maximum absolute atomic E-state index is 15.3. The molecule has 3 aliphatic heterocycles. The molecule has 3 fully saturated rings. The van der Waals surface area contributed by atoms with E-state index >= 15 is 9.59 Å². The molecule has 57 heavy (non-hydrogen) atoms. The van der Waals surface area contributed by atoms with Crippen LogP contribution in [0.3, 0.4) is 0 Å². The minimum absolute atomic E-state index is 0.0388. The van der Waals surface area contributed by atoms with Crippen LogP contribution in [0.15, 0.2) is 79.9 Å². The first-order chi connectivity index (χ1) is 27.5. The molecule has 5 rings (SSSR count). The number of rotatable bonds is 21. The van der Waals surface area contributed by atoms with E-state index in [-0.39, 0.29) is 50.3 Å². The molecule has 0 radical (unpaired) electrons. The van der Waals surface area contributed by atoms with Gasteiger partial charge in [-0.2, -0.15) is 0 Å². The number of methoxy groups -OCH3 is 1. The Morgan fingerprint density at radius 1 is 1.07 bits per heavy atom. The quantitative estimate of drug-likeness (QED) is 0.0937. The van der Waals surface area contributed by atoms with Crippen LogP contribution in [-0.4, -0.2) is 108 Å². The largest absolute Gasteiger partial charge is 0.455 e. The molecule has 3 aliphatic rings. The summed E-state index contributed by atoms with van der Waals surface area (Å²) >= 11 is 3.78. The van der Waals surface area contributed by atoms with E-state index in [0.717, 1.165) is 18.8 Å². The fraction of sp³-hybridized carbons (Fsp3) is 0.545. The standard InChI is InChI=1S/C44H59BrN4O8/c1-8-13-19-35(51)46-33(27-55-7)38(29-17-15-14-16-18-29)56-43(54)36-37-41(52)49(34(26-50)28(6)10-3)40(44(37)25-32(45)39(36)57-44)42(53)48(24-9-2)31-22-20-30(21-23-31)47(11-4)12-5/h8-9,14-18,20-23,28,32-34,36-40,50H,1-2,10-13,19,24-27H2,3-7H3,(H,46,51)/t28-,32?,33+,34-,36-,37+,38+,39-,40-,44+/m0/s1. The van der Waals surface area contributed by atoms with E-state index in [0.29, 0.717) is 24.1 Å². The third-order valence-electron chi connectivity index (χ3n) is 12.0. The van der Waals surface area contributed by atoms with Gasteiger partial charge >= 0.3 is 5.97 Å². The number of aliphatic hydroxyl groups excluding tert-OH is 1. The highest BCUT2D eigenvalue weighted by atomic mass is 79.9. The Hall–Kier alpha value is -4.04. The zero-order chi connectivity index (χ0) is 41.4. The molecular weight excluding hydrogens is 792 g/mol. The van der Waals surface area contributed by atoms with Crippen LogP contribution < -0.4 is 15.1 Å². The van der Waals surface area contributed by atoms with E-state index in [2.05, 4.69) is 53.2 Å². The third-order valence-corrected chi connectivity index (χ3v) is 12.8. The average molecular weight is 852 g/mol. The first-order valence-electron chi connectivity index (χ1n) is 20.1. The van der Waals surface area contributed by atoms with Gasteiger partial charge in [0, 0.05) is 49.4 Å². The van der Waals surface area contributed by atoms with Gasteiger partial charge in [0.25, 0.3) is 5.91 Å². The summed E-state index contributed by atoms with van der Waals surface area (Å²) < 4.78 is 18.8. The van der Waals surface area contributed by atoms with E-state index in [1.807, 2.05) is 56.3 Å². The van der Waals surface area contributed by atoms with Crippen LogP contribution in [0.25, 0.3) is 0 Å². The van der Waals surface area contributed by atoms with Crippen LogP contribution in [0.5, 0.6) is 0 Å². The number of alkyl halides is 1. The molecule has 2 N–H and O–H groups in total. The fourth-order valence-electron chi connectivity index (χ4n) is 8.94. The number of esters is 1. The average Bonchev–Trinajstić information content (AvgIpc) is 3.82. The minimum atomic E-state index is -1.41. The Bertz CT molecular complexity index is 1720. The number of aliphatic hydroxyl groups is 1. The van der Waals surface area contributed by atoms with E-state index in [4.69, 9.17) is 14.2 Å². The second kappa shape index (κ2) is 19.6. The number of hydrogen-bond acceptors (Lipinski definition) is 9. The molecule has 13 heteroatoms. The van der Waals surface area contributed by atoms with E-state index in [1.54, 1.807) is 29.2 Å². The van der Waals surface area contributed by atoms with Crippen molar-refractivity contribution < 1.29 is 38.5 Å². The number of ether oxygens (including phenoxy) is 3. The number of anilines is 2. The Labute approximate surface area is 345 Å². The molecule has 1 unspecified atom stereocenters. The van der Waals surface area contributed by atoms with Gasteiger partial charge < -0.3 is 39.3 Å². The number of halogens is 1. The highest BCUT2D eigenvalue weighted by Gasteiger charge is 2.78. The van der Waals surface area contributed by atoms with Gasteiger partial charge in [-0.3, -0.25) is 19.2 Å². The molecule has 2 aromatic rings. The lowest BCUT2D eigenvalue weighted by molar-refractivity contribution is -0.163. The molecule has 310 valence electrons. The molecule has 2 aromatic carbocycles. The minimum Gasteiger partial charge on any atom is -0.455 e. The molecule has 3 amide bonds. The SMILES string of the molecule is C=CCCC(=O)N[C@H](COC)[C@H](OC(=O)[C@@H]1[C@H]2O[C@@]3(CC2Br)[C@H](C(=O)N(CC=C)c2ccc(N(CC)CC)cc2)N([C@@H](CO)[C@@H](C)CC)C(=O)[C@@H]13)c1ccccc1. The predicted molar refractivity (Wildman–Crippen MR) is 224 cm³/mol. The van der Waals surface area contributed by atoms with Gasteiger partial charge in [-0.1, -0.05) is 78.7 Å². The van der Waals surface area contributed by atoms with Gasteiger partial charge in [-0.25, -0.2) is 0 Å². The Balaban J connectivity index is 1.57. The van der Waals surface area contributed by atoms with Crippen molar-refractivity contribution in [3.63, 3.8) is 0 Å². The van der Waals surface area contributed by atoms with E-state index in [1.165, 1.54) is 12.0 Å². The summed E-state index contributed by atoms with van der Waals surface area (Å²) in [6.45, 7) is 17.2. The maximum atomic E-state index is 15.3. The zero-order valence-corrected chi connectivity index (χ0v) is 35.4. The lowest BCUT2D eigenvalue weighted by atomic mass is 9.70. The van der Waals surface area contributed by atoms with Crippen LogP contribution in [-0.2, 0) is 33.4 Å². The fourth-order valence-corrected chi connectivity index (χ4v) is 9.89. The molecule has 0 aliphatic carbocycles. The van der Waals surface area contributed by atoms with Crippen molar-refractivity contribution in [1.82, 2.24) is 10.2 Å². The normalized spacial score (nSPS) is 25.6. The number of likely N-dealkylation sites (tertiary alicyclic amines) is 1. The number of amides is 3. The first-order valence-corrected chi connectivity index (χ1v) is 21.0. The number of nitrogens with zero attached hydrogens (tertiary/aromatic N) is 3. The number of hydrogen-bond donors (Lipinski definition) is 2. The molecule has 0 aromatic heterocycles. The van der Waals surface area contributed by atoms with Crippen molar-refractivity contribution in [1.29, 1.82) is 0 Å². The molecule has 12 nitrogen and oxygen atoms in total. The monoisotopic (exact) mass is 850 g/mol. The third kappa shape index (κ3) is 8.72. The summed E-state index contributed by atoms with van der Waals surface area (Å²) in [5.41, 5.74) is 0.853. The second-order valence-electron chi connectivity index (χ2n) is 15.2. The Kier molecular flexibility index (Phi) is 15.2. The summed E-state index contributed by atoms with van der Waals surface area (Å²) in [6, 6.07) is 14.1. The molecular formula is C44H59BrN4O8. The molecule has 0 saturated carbocycles. The van der Waals surface area contributed by atoms with Crippen LogP contribution in [0.1, 0.15) is 65.0 Å². The number of benzene rings is 2. The highest BCUT2D eigenvalue weighted by molar-refractivity contribution is 9.09. The lowest BCUT2D eigenvalue weighted by Gasteiger charge is -2.41. The predicted octanol–water partition coefficient (Wildman–Crippen LogP) is 5.59. The number of carbonyl (C=O) groups excluding carboxylic acids is 4. The highest BCUT2D eigenvalue weighted by Crippen LogP contribution is 2.61. The summed E-state index contributed by atoms with van der Waals surface area (Å²) in [5, 5.41) is 13.9. The first kappa shape index (κ1) is 44.1. The van der Waals surface area contributed by atoms with Crippen molar-refractivity contribution in [3.05, 3.63) is 85.5 Å². The van der Waals surface area contributed by atoms with Crippen molar-refractivity contribution >= 4 is 51.0 Å². The van der Waals surface area contributed by atoms with Crippen molar-refractivity contribution in [2.45, 2.75) is 94.1 Å². The van der Waals surface area contributed by atoms with Gasteiger partial charge in [-0.15, -0.1) is 13.2 Å². The van der Waals surface area contributed by atoms with Crippen molar-refractivity contribution in [2.24, 2.45) is 17.8 Å². The topological polar surface area (TPSA) is 138 Å². The number of carbonyl (C=O) groups is 4. The van der Waals surface area contributed by atoms with Crippen LogP contribution in [0.2, 0.25) is 0 Å². The Morgan fingerprint density at radius 2 is 1.74 bits per heavy atom. The molecule has 3 saturated heterocycles. The van der Waals surface area contributed by atoms with Gasteiger partial charge in [0.1, 0.15) is 17.7 Å². The summed E-state index contributed by atoms with van der Waals surface area (Å²) in [6.07, 6.45) is 3.09. The lowest BCUT2D eigenvalue weighted by Crippen LogP contribution is -2.60. The van der Waals surface area contributed by atoms with Gasteiger partial charge in [0.15, 0.2) is 0 Å². The summed E-state index contributed by atoms with van der Waals surface area (Å²) in [5.74, 6) is -4.13. The summed E-state index contributed by atoms with van der Waals surface area (Å²) in [7, 11) is 1.50. The van der Waals surface area contributed by atoms with Gasteiger partial charge in [-0.05, 0) is 62.4 Å². The molecule has 2 bridgehead atoms. The van der Waals surface area contributed by atoms with Crippen LogP contribution in [0, 0.1) is 17.8 Å². The maximum Gasteiger partial charge on any atom is 0.313 e. The second-order valence-corrected chi connectivity index (χ2v) is 16.4. The van der Waals surface area contributed by atoms with E-state index in [9.17, 15) is 14.7 Å². The van der Waals surface area contributed by atoms with Gasteiger partial charge in [0.2, 0.25) is 11.8 Å². The van der Waals surface area contributed by atoms with Gasteiger partial charge in [0.05, 0.1) is 43.2 Å². The number of fused-ring (bicyclic) bond motifs is 1. The Morgan fingerprint density at radius 3 is 2.32 bits per heavy atom.